The second-order valence-corrected chi connectivity index (χ2v) is 2.82. The van der Waals surface area contributed by atoms with E-state index in [1.807, 2.05) is 0 Å². The number of ether oxygens (including phenoxy) is 1. The molecule has 0 amide bonds. The van der Waals surface area contributed by atoms with Crippen LogP contribution in [0.25, 0.3) is 0 Å². The fraction of sp³-hybridized carbons (Fsp3) is 1.00. The average Bonchev–Trinajstić information content (AvgIpc) is 2.31. The first-order valence-corrected chi connectivity index (χ1v) is 3.62. The molecule has 1 aliphatic rings. The van der Waals surface area contributed by atoms with Gasteiger partial charge in [-0.05, 0) is 0 Å². The van der Waals surface area contributed by atoms with Crippen molar-refractivity contribution in [3.05, 3.63) is 0 Å². The lowest BCUT2D eigenvalue weighted by molar-refractivity contribution is -0.222. The van der Waals surface area contributed by atoms with Gasteiger partial charge in [-0.2, -0.15) is 0 Å². The third kappa shape index (κ3) is 1.33. The number of hydrogen-bond acceptors (Lipinski definition) is 6. The Morgan fingerprint density at radius 1 is 1.42 bits per heavy atom. The summed E-state index contributed by atoms with van der Waals surface area (Å²) in [5, 5.41) is 36.4. The summed E-state index contributed by atoms with van der Waals surface area (Å²) in [5.74, 6) is -1.94. The van der Waals surface area contributed by atoms with Crippen LogP contribution in [-0.4, -0.2) is 57.7 Å². The first kappa shape index (κ1) is 9.85. The molecule has 0 radical (unpaired) electrons. The van der Waals surface area contributed by atoms with Crippen LogP contribution in [0, 0.1) is 0 Å². The van der Waals surface area contributed by atoms with Gasteiger partial charge in [0.05, 0.1) is 6.61 Å². The molecule has 72 valence electrons. The maximum atomic E-state index is 9.37. The Kier molecular flexibility index (Phi) is 2.67. The Hall–Kier alpha value is -0.240. The topological polar surface area (TPSA) is 116 Å². The standard InChI is InChI=1S/C6H13NO5/c7-2-6(11)5(10)4(9)3(1-8)12-6/h3-5,8-11H,1-2,7H2/t3-,4?,5?,6-/m1/s1. The van der Waals surface area contributed by atoms with E-state index in [1.165, 1.54) is 0 Å². The van der Waals surface area contributed by atoms with E-state index in [0.717, 1.165) is 0 Å². The van der Waals surface area contributed by atoms with Crippen molar-refractivity contribution in [1.29, 1.82) is 0 Å². The van der Waals surface area contributed by atoms with Crippen LogP contribution in [0.3, 0.4) is 0 Å². The maximum absolute atomic E-state index is 9.37. The molecule has 4 atom stereocenters. The van der Waals surface area contributed by atoms with Crippen LogP contribution in [-0.2, 0) is 4.74 Å². The number of nitrogens with two attached hydrogens (primary N) is 1. The fourth-order valence-corrected chi connectivity index (χ4v) is 1.19. The van der Waals surface area contributed by atoms with Gasteiger partial charge in [-0.25, -0.2) is 0 Å². The van der Waals surface area contributed by atoms with Crippen LogP contribution >= 0.6 is 0 Å². The van der Waals surface area contributed by atoms with E-state index in [0.29, 0.717) is 0 Å². The molecule has 0 aromatic rings. The molecule has 2 unspecified atom stereocenters. The highest BCUT2D eigenvalue weighted by Gasteiger charge is 2.52. The minimum Gasteiger partial charge on any atom is -0.394 e. The molecule has 1 aliphatic heterocycles. The van der Waals surface area contributed by atoms with E-state index in [9.17, 15) is 15.3 Å². The zero-order valence-electron chi connectivity index (χ0n) is 6.42. The maximum Gasteiger partial charge on any atom is 0.207 e. The molecule has 0 bridgehead atoms. The lowest BCUT2D eigenvalue weighted by Gasteiger charge is -2.23. The molecule has 12 heavy (non-hydrogen) atoms. The van der Waals surface area contributed by atoms with Gasteiger partial charge in [0.2, 0.25) is 5.79 Å². The quantitative estimate of drug-likeness (QED) is 0.304. The average molecular weight is 179 g/mol. The van der Waals surface area contributed by atoms with Crippen molar-refractivity contribution in [2.24, 2.45) is 5.73 Å². The SMILES string of the molecule is NC[C@@]1(O)O[C@H](CO)C(O)C1O. The monoisotopic (exact) mass is 179 g/mol. The molecule has 0 saturated carbocycles. The van der Waals surface area contributed by atoms with Crippen molar-refractivity contribution in [2.75, 3.05) is 13.2 Å². The van der Waals surface area contributed by atoms with Gasteiger partial charge in [0.25, 0.3) is 0 Å². The highest BCUT2D eigenvalue weighted by atomic mass is 16.7. The predicted molar refractivity (Wildman–Crippen MR) is 38.0 cm³/mol. The van der Waals surface area contributed by atoms with Crippen LogP contribution in [0.2, 0.25) is 0 Å². The van der Waals surface area contributed by atoms with Crippen LogP contribution in [0.4, 0.5) is 0 Å². The van der Waals surface area contributed by atoms with Gasteiger partial charge in [0.15, 0.2) is 0 Å². The Bertz CT molecular complexity index is 166. The largest absolute Gasteiger partial charge is 0.394 e. The molecule has 0 aliphatic carbocycles. The van der Waals surface area contributed by atoms with Gasteiger partial charge >= 0.3 is 0 Å². The molecule has 1 fully saturated rings. The number of aliphatic hydroxyl groups excluding tert-OH is 3. The van der Waals surface area contributed by atoms with E-state index in [2.05, 4.69) is 0 Å². The molecule has 0 spiro atoms. The number of hydrogen-bond donors (Lipinski definition) is 5. The Balaban J connectivity index is 2.72. The van der Waals surface area contributed by atoms with Crippen molar-refractivity contribution >= 4 is 0 Å². The van der Waals surface area contributed by atoms with Gasteiger partial charge < -0.3 is 30.9 Å². The lowest BCUT2D eigenvalue weighted by Crippen LogP contribution is -2.48. The van der Waals surface area contributed by atoms with Crippen molar-refractivity contribution in [3.63, 3.8) is 0 Å². The van der Waals surface area contributed by atoms with Gasteiger partial charge in [0.1, 0.15) is 18.3 Å². The second kappa shape index (κ2) is 3.25. The molecular formula is C6H13NO5. The Labute approximate surface area is 69.2 Å². The van der Waals surface area contributed by atoms with E-state index in [4.69, 9.17) is 15.6 Å². The summed E-state index contributed by atoms with van der Waals surface area (Å²) in [6.45, 7) is -0.803. The summed E-state index contributed by atoms with van der Waals surface area (Å²) in [7, 11) is 0. The van der Waals surface area contributed by atoms with Crippen LogP contribution in [0.15, 0.2) is 0 Å². The molecule has 6 N–H and O–H groups in total. The normalized spacial score (nSPS) is 48.2. The highest BCUT2D eigenvalue weighted by Crippen LogP contribution is 2.27. The summed E-state index contributed by atoms with van der Waals surface area (Å²) in [5.41, 5.74) is 5.11. The second-order valence-electron chi connectivity index (χ2n) is 2.82. The fourth-order valence-electron chi connectivity index (χ4n) is 1.19. The molecule has 6 heteroatoms. The van der Waals surface area contributed by atoms with E-state index in [1.54, 1.807) is 0 Å². The molecule has 0 aromatic heterocycles. The van der Waals surface area contributed by atoms with Gasteiger partial charge in [-0.3, -0.25) is 0 Å². The first-order chi connectivity index (χ1) is 5.55. The Morgan fingerprint density at radius 3 is 2.25 bits per heavy atom. The number of aliphatic hydroxyl groups is 4. The van der Waals surface area contributed by atoms with E-state index >= 15 is 0 Å². The third-order valence-corrected chi connectivity index (χ3v) is 1.99. The molecule has 1 heterocycles. The van der Waals surface area contributed by atoms with Gasteiger partial charge in [-0.1, -0.05) is 0 Å². The lowest BCUT2D eigenvalue weighted by atomic mass is 10.1. The molecular weight excluding hydrogens is 166 g/mol. The van der Waals surface area contributed by atoms with Crippen LogP contribution in [0.1, 0.15) is 0 Å². The summed E-state index contributed by atoms with van der Waals surface area (Å²) in [4.78, 5) is 0. The summed E-state index contributed by atoms with van der Waals surface area (Å²) >= 11 is 0. The summed E-state index contributed by atoms with van der Waals surface area (Å²) in [6, 6.07) is 0. The van der Waals surface area contributed by atoms with Gasteiger partial charge in [-0.15, -0.1) is 0 Å². The molecule has 1 rings (SSSR count). The molecule has 1 saturated heterocycles. The van der Waals surface area contributed by atoms with Crippen molar-refractivity contribution in [1.82, 2.24) is 0 Å². The Morgan fingerprint density at radius 2 is 2.00 bits per heavy atom. The minimum atomic E-state index is -1.94. The van der Waals surface area contributed by atoms with Crippen molar-refractivity contribution in [3.8, 4) is 0 Å². The number of rotatable bonds is 2. The van der Waals surface area contributed by atoms with Gasteiger partial charge in [0, 0.05) is 6.54 Å². The van der Waals surface area contributed by atoms with Crippen LogP contribution < -0.4 is 5.73 Å². The minimum absolute atomic E-state index is 0.332. The summed E-state index contributed by atoms with van der Waals surface area (Å²) in [6.07, 6.45) is -3.75. The van der Waals surface area contributed by atoms with Crippen molar-refractivity contribution < 1.29 is 25.2 Å². The van der Waals surface area contributed by atoms with E-state index in [-0.39, 0.29) is 6.54 Å². The summed E-state index contributed by atoms with van der Waals surface area (Å²) < 4.78 is 4.75. The third-order valence-electron chi connectivity index (χ3n) is 1.99. The molecule has 6 nitrogen and oxygen atoms in total. The smallest absolute Gasteiger partial charge is 0.207 e. The molecule has 0 aromatic carbocycles. The highest BCUT2D eigenvalue weighted by molar-refractivity contribution is 4.95. The zero-order chi connectivity index (χ0) is 9.35. The first-order valence-electron chi connectivity index (χ1n) is 3.62. The van der Waals surface area contributed by atoms with Crippen molar-refractivity contribution in [2.45, 2.75) is 24.1 Å². The zero-order valence-corrected chi connectivity index (χ0v) is 6.42. The van der Waals surface area contributed by atoms with Crippen LogP contribution in [0.5, 0.6) is 0 Å². The predicted octanol–water partition coefficient (Wildman–Crippen LogP) is -3.25. The van der Waals surface area contributed by atoms with E-state index < -0.39 is 30.7 Å².